The molecule has 1 aliphatic rings. The molecule has 0 spiro atoms. The molecule has 0 aromatic heterocycles. The summed E-state index contributed by atoms with van der Waals surface area (Å²) in [5, 5.41) is 0. The number of nitrogens with two attached hydrogens (primary N) is 1. The van der Waals surface area contributed by atoms with Gasteiger partial charge in [-0.1, -0.05) is 43.2 Å². The number of hydrogen-bond acceptors (Lipinski definition) is 3. The van der Waals surface area contributed by atoms with E-state index in [1.165, 1.54) is 12.0 Å². The van der Waals surface area contributed by atoms with Crippen molar-refractivity contribution in [1.29, 1.82) is 0 Å². The maximum Gasteiger partial charge on any atom is 0.323 e. The van der Waals surface area contributed by atoms with Crippen molar-refractivity contribution < 1.29 is 9.53 Å². The Labute approximate surface area is 121 Å². The Balaban J connectivity index is 1.96. The van der Waals surface area contributed by atoms with Crippen LogP contribution in [0.1, 0.15) is 44.6 Å². The van der Waals surface area contributed by atoms with Crippen molar-refractivity contribution in [2.45, 2.75) is 57.6 Å². The van der Waals surface area contributed by atoms with Crippen molar-refractivity contribution in [3.8, 4) is 0 Å². The first-order valence-corrected chi connectivity index (χ1v) is 7.65. The predicted octanol–water partition coefficient (Wildman–Crippen LogP) is 3.07. The van der Waals surface area contributed by atoms with Crippen LogP contribution >= 0.6 is 0 Å². The van der Waals surface area contributed by atoms with Gasteiger partial charge in [0, 0.05) is 0 Å². The fourth-order valence-corrected chi connectivity index (χ4v) is 2.97. The summed E-state index contributed by atoms with van der Waals surface area (Å²) in [5.41, 5.74) is 7.18. The Kier molecular flexibility index (Phi) is 5.60. The van der Waals surface area contributed by atoms with Crippen molar-refractivity contribution in [3.63, 3.8) is 0 Å². The van der Waals surface area contributed by atoms with Crippen molar-refractivity contribution in [3.05, 3.63) is 35.9 Å². The second kappa shape index (κ2) is 7.44. The highest BCUT2D eigenvalue weighted by Gasteiger charge is 2.22. The van der Waals surface area contributed by atoms with Gasteiger partial charge in [0.15, 0.2) is 0 Å². The molecule has 1 saturated heterocycles. The summed E-state index contributed by atoms with van der Waals surface area (Å²) in [5.74, 6) is 0.340. The first kappa shape index (κ1) is 15.0. The van der Waals surface area contributed by atoms with Crippen molar-refractivity contribution in [1.82, 2.24) is 0 Å². The van der Waals surface area contributed by atoms with Gasteiger partial charge in [-0.05, 0) is 44.1 Å². The lowest BCUT2D eigenvalue weighted by molar-refractivity contribution is -0.151. The third kappa shape index (κ3) is 4.64. The molecule has 2 unspecified atom stereocenters. The average molecular weight is 275 g/mol. The number of carbonyl (C=O) groups is 1. The third-order valence-electron chi connectivity index (χ3n) is 4.03. The van der Waals surface area contributed by atoms with Crippen molar-refractivity contribution in [2.75, 3.05) is 0 Å². The van der Waals surface area contributed by atoms with Crippen LogP contribution in [0.4, 0.5) is 0 Å². The Bertz CT molecular complexity index is 418. The number of esters is 1. The van der Waals surface area contributed by atoms with Gasteiger partial charge in [-0.25, -0.2) is 0 Å². The lowest BCUT2D eigenvalue weighted by Crippen LogP contribution is -2.35. The number of hydrogen-bond donors (Lipinski definition) is 1. The van der Waals surface area contributed by atoms with Crippen LogP contribution in [-0.2, 0) is 16.0 Å². The van der Waals surface area contributed by atoms with Crippen LogP contribution in [0.25, 0.3) is 0 Å². The molecule has 3 heteroatoms. The second-order valence-electron chi connectivity index (χ2n) is 5.93. The van der Waals surface area contributed by atoms with E-state index >= 15 is 0 Å². The van der Waals surface area contributed by atoms with E-state index < -0.39 is 6.04 Å². The van der Waals surface area contributed by atoms with Gasteiger partial charge < -0.3 is 10.5 Å². The molecule has 0 bridgehead atoms. The summed E-state index contributed by atoms with van der Waals surface area (Å²) < 4.78 is 5.44. The smallest absolute Gasteiger partial charge is 0.323 e. The van der Waals surface area contributed by atoms with E-state index in [0.717, 1.165) is 32.1 Å². The number of benzene rings is 1. The minimum atomic E-state index is -0.442. The molecule has 2 N–H and O–H groups in total. The van der Waals surface area contributed by atoms with Gasteiger partial charge in [0.2, 0.25) is 0 Å². The maximum atomic E-state index is 11.8. The first-order chi connectivity index (χ1) is 9.65. The van der Waals surface area contributed by atoms with Crippen LogP contribution in [0.15, 0.2) is 30.3 Å². The largest absolute Gasteiger partial charge is 0.462 e. The predicted molar refractivity (Wildman–Crippen MR) is 80.3 cm³/mol. The molecule has 1 aliphatic heterocycles. The van der Waals surface area contributed by atoms with E-state index in [4.69, 9.17) is 10.5 Å². The standard InChI is InChI=1S/C17H25NO2/c1-13-11-15(12-14-7-3-2-4-8-14)9-5-6-10-16(18)17(19)20-13/h2-4,7-8,13,15-16H,5-6,9-12,18H2,1H3/t13?,15?,16-/m0/s1. The van der Waals surface area contributed by atoms with Gasteiger partial charge in [0.25, 0.3) is 0 Å². The highest BCUT2D eigenvalue weighted by atomic mass is 16.5. The molecule has 1 fully saturated rings. The molecule has 3 atom stereocenters. The van der Waals surface area contributed by atoms with E-state index in [1.54, 1.807) is 0 Å². The Hall–Kier alpha value is -1.35. The van der Waals surface area contributed by atoms with Crippen LogP contribution in [-0.4, -0.2) is 18.1 Å². The van der Waals surface area contributed by atoms with Gasteiger partial charge in [0.05, 0.1) is 6.10 Å². The van der Waals surface area contributed by atoms with Gasteiger partial charge in [-0.3, -0.25) is 4.79 Å². The monoisotopic (exact) mass is 275 g/mol. The summed E-state index contributed by atoms with van der Waals surface area (Å²) in [6, 6.07) is 10.1. The van der Waals surface area contributed by atoms with Gasteiger partial charge >= 0.3 is 5.97 Å². The topological polar surface area (TPSA) is 52.3 Å². The quantitative estimate of drug-likeness (QED) is 0.844. The van der Waals surface area contributed by atoms with Crippen LogP contribution < -0.4 is 5.73 Å². The van der Waals surface area contributed by atoms with E-state index in [-0.39, 0.29) is 12.1 Å². The molecular weight excluding hydrogens is 250 g/mol. The Morgan fingerprint density at radius 3 is 2.65 bits per heavy atom. The zero-order valence-electron chi connectivity index (χ0n) is 12.3. The highest BCUT2D eigenvalue weighted by Crippen LogP contribution is 2.23. The number of ether oxygens (including phenoxy) is 1. The fraction of sp³-hybridized carbons (Fsp3) is 0.588. The molecule has 3 nitrogen and oxygen atoms in total. The van der Waals surface area contributed by atoms with Crippen molar-refractivity contribution >= 4 is 5.97 Å². The molecule has 0 amide bonds. The molecule has 0 radical (unpaired) electrons. The Morgan fingerprint density at radius 2 is 1.90 bits per heavy atom. The second-order valence-corrected chi connectivity index (χ2v) is 5.93. The highest BCUT2D eigenvalue weighted by molar-refractivity contribution is 5.75. The summed E-state index contributed by atoms with van der Waals surface area (Å²) in [4.78, 5) is 11.8. The number of carbonyl (C=O) groups excluding carboxylic acids is 1. The minimum absolute atomic E-state index is 0.0413. The third-order valence-corrected chi connectivity index (χ3v) is 4.03. The average Bonchev–Trinajstić information content (AvgIpc) is 2.43. The molecule has 0 saturated carbocycles. The van der Waals surface area contributed by atoms with E-state index in [9.17, 15) is 4.79 Å². The van der Waals surface area contributed by atoms with E-state index in [1.807, 2.05) is 13.0 Å². The lowest BCUT2D eigenvalue weighted by Gasteiger charge is -2.24. The summed E-state index contributed by atoms with van der Waals surface area (Å²) >= 11 is 0. The Morgan fingerprint density at radius 1 is 1.20 bits per heavy atom. The van der Waals surface area contributed by atoms with Crippen LogP contribution in [0.5, 0.6) is 0 Å². The summed E-state index contributed by atoms with van der Waals surface area (Å²) in [6.07, 6.45) is 6.02. The molecule has 0 aliphatic carbocycles. The van der Waals surface area contributed by atoms with Crippen LogP contribution in [0, 0.1) is 5.92 Å². The van der Waals surface area contributed by atoms with Crippen LogP contribution in [0.3, 0.4) is 0 Å². The number of cyclic esters (lactones) is 1. The fourth-order valence-electron chi connectivity index (χ4n) is 2.97. The molecule has 110 valence electrons. The van der Waals surface area contributed by atoms with Crippen molar-refractivity contribution in [2.24, 2.45) is 11.7 Å². The van der Waals surface area contributed by atoms with Crippen LogP contribution in [0.2, 0.25) is 0 Å². The van der Waals surface area contributed by atoms with Gasteiger partial charge in [-0.15, -0.1) is 0 Å². The summed E-state index contributed by atoms with van der Waals surface area (Å²) in [7, 11) is 0. The zero-order valence-corrected chi connectivity index (χ0v) is 12.3. The van der Waals surface area contributed by atoms with E-state index in [2.05, 4.69) is 24.3 Å². The molecule has 1 aromatic carbocycles. The minimum Gasteiger partial charge on any atom is -0.462 e. The molecule has 1 aromatic rings. The molecule has 20 heavy (non-hydrogen) atoms. The van der Waals surface area contributed by atoms with E-state index in [0.29, 0.717) is 5.92 Å². The maximum absolute atomic E-state index is 11.8. The zero-order chi connectivity index (χ0) is 14.4. The lowest BCUT2D eigenvalue weighted by atomic mass is 9.88. The van der Waals surface area contributed by atoms with Gasteiger partial charge in [-0.2, -0.15) is 0 Å². The first-order valence-electron chi connectivity index (χ1n) is 7.65. The normalized spacial score (nSPS) is 28.7. The molecule has 1 heterocycles. The molecule has 2 rings (SSSR count). The number of rotatable bonds is 2. The molecular formula is C17H25NO2. The van der Waals surface area contributed by atoms with Gasteiger partial charge in [0.1, 0.15) is 6.04 Å². The SMILES string of the molecule is CC1CC(Cc2ccccc2)CCCC[C@H](N)C(=O)O1. The summed E-state index contributed by atoms with van der Waals surface area (Å²) in [6.45, 7) is 1.98.